The molecule has 2 aliphatic heterocycles. The molecule has 4 amide bonds. The van der Waals surface area contributed by atoms with E-state index in [1.165, 1.54) is 77.8 Å². The first kappa shape index (κ1) is 43.1. The summed E-state index contributed by atoms with van der Waals surface area (Å²) in [6, 6.07) is 26.8. The average Bonchev–Trinajstić information content (AvgIpc) is 4.15. The van der Waals surface area contributed by atoms with Crippen LogP contribution in [-0.2, 0) is 0 Å². The zero-order chi connectivity index (χ0) is 46.3. The maximum atomic E-state index is 15.0. The molecule has 6 aromatic heterocycles. The molecule has 0 N–H and O–H groups in total. The van der Waals surface area contributed by atoms with Crippen molar-refractivity contribution in [2.24, 2.45) is 11.8 Å². The molecular weight excluding hydrogens is 941 g/mol. The molecule has 0 fully saturated rings. The molecule has 320 valence electrons. The number of nitrogens with zero attached hydrogens (tertiary/aromatic N) is 6. The number of fused-ring (bicyclic) bond motifs is 6. The van der Waals surface area contributed by atoms with Gasteiger partial charge in [0.15, 0.2) is 0 Å². The number of nitriles is 4. The van der Waals surface area contributed by atoms with Crippen LogP contribution in [0.25, 0.3) is 73.8 Å². The monoisotopic (exact) mass is 970 g/mol. The molecule has 0 aliphatic carbocycles. The van der Waals surface area contributed by atoms with Crippen LogP contribution in [0.4, 0.5) is 0 Å². The summed E-state index contributed by atoms with van der Waals surface area (Å²) in [6.45, 7) is 8.15. The van der Waals surface area contributed by atoms with Gasteiger partial charge in [0.1, 0.15) is 35.4 Å². The van der Waals surface area contributed by atoms with Crippen molar-refractivity contribution in [1.82, 2.24) is 9.80 Å². The fourth-order valence-electron chi connectivity index (χ4n) is 8.46. The number of imide groups is 2. The van der Waals surface area contributed by atoms with Crippen LogP contribution in [0.5, 0.6) is 0 Å². The largest absolute Gasteiger partial charge is 0.274 e. The number of rotatable bonds is 8. The summed E-state index contributed by atoms with van der Waals surface area (Å²) in [7, 11) is 0. The first-order valence-corrected chi connectivity index (χ1v) is 25.4. The number of thiophene rings is 6. The van der Waals surface area contributed by atoms with Crippen LogP contribution in [0.15, 0.2) is 60.7 Å². The van der Waals surface area contributed by atoms with E-state index in [1.807, 2.05) is 113 Å². The van der Waals surface area contributed by atoms with Gasteiger partial charge in [-0.15, -0.1) is 68.0 Å². The van der Waals surface area contributed by atoms with E-state index in [-0.39, 0.29) is 36.1 Å². The Hall–Kier alpha value is -6.86. The SMILES string of the molecule is CC(C)CN1C(=O)c2c3cc(-c4ccc(/C=c5\ccc(=C(C#N)C#N)s5)s4)sc3c3c4c(c5cc(-c6ccc(/C=c7\ccc(=C(C#N)C#N)s7)s6)sc5c(c24)C1=O)C(=O)N(CC(C)C)C3=O. The Bertz CT molecular complexity index is 3560. The third-order valence-corrected chi connectivity index (χ3v) is 18.0. The summed E-state index contributed by atoms with van der Waals surface area (Å²) >= 11 is 8.53. The van der Waals surface area contributed by atoms with Gasteiger partial charge in [0.25, 0.3) is 23.6 Å². The van der Waals surface area contributed by atoms with Gasteiger partial charge in [-0.25, -0.2) is 0 Å². The van der Waals surface area contributed by atoms with Crippen LogP contribution >= 0.6 is 68.0 Å². The van der Waals surface area contributed by atoms with E-state index in [0.717, 1.165) is 38.3 Å². The lowest BCUT2D eigenvalue weighted by molar-refractivity contribution is 0.0575. The quantitative estimate of drug-likeness (QED) is 0.136. The highest BCUT2D eigenvalue weighted by Crippen LogP contribution is 2.53. The number of carbonyl (C=O) groups is 4. The highest BCUT2D eigenvalue weighted by molar-refractivity contribution is 7.27. The summed E-state index contributed by atoms with van der Waals surface area (Å²) in [5.74, 6) is -1.93. The average molecular weight is 971 g/mol. The van der Waals surface area contributed by atoms with Crippen molar-refractivity contribution < 1.29 is 19.2 Å². The van der Waals surface area contributed by atoms with E-state index in [1.54, 1.807) is 12.1 Å². The summed E-state index contributed by atoms with van der Waals surface area (Å²) in [6.07, 6.45) is 3.97. The van der Waals surface area contributed by atoms with Crippen molar-refractivity contribution in [3.63, 3.8) is 0 Å². The summed E-state index contributed by atoms with van der Waals surface area (Å²) in [5.41, 5.74) is 1.37. The number of amides is 4. The molecule has 0 saturated carbocycles. The van der Waals surface area contributed by atoms with Gasteiger partial charge in [-0.3, -0.25) is 29.0 Å². The van der Waals surface area contributed by atoms with Crippen molar-refractivity contribution >= 4 is 146 Å². The Balaban J connectivity index is 1.21. The fraction of sp³-hybridized carbons (Fsp3) is 0.160. The minimum atomic E-state index is -0.460. The zero-order valence-electron chi connectivity index (χ0n) is 35.3. The van der Waals surface area contributed by atoms with Crippen molar-refractivity contribution in [1.29, 1.82) is 21.0 Å². The van der Waals surface area contributed by atoms with Gasteiger partial charge in [0.2, 0.25) is 0 Å². The van der Waals surface area contributed by atoms with Crippen LogP contribution < -0.4 is 18.1 Å². The van der Waals surface area contributed by atoms with Crippen molar-refractivity contribution in [2.75, 3.05) is 13.1 Å². The summed E-state index contributed by atoms with van der Waals surface area (Å²) < 4.78 is 4.09. The fourth-order valence-corrected chi connectivity index (χ4v) is 14.9. The first-order valence-electron chi connectivity index (χ1n) is 20.5. The third-order valence-electron chi connectivity index (χ3n) is 11.1. The number of hydrogen-bond donors (Lipinski definition) is 0. The first-order chi connectivity index (χ1) is 31.8. The van der Waals surface area contributed by atoms with Gasteiger partial charge in [0, 0.05) is 82.4 Å². The lowest BCUT2D eigenvalue weighted by Crippen LogP contribution is -2.45. The molecule has 2 aromatic carbocycles. The lowest BCUT2D eigenvalue weighted by Gasteiger charge is -2.34. The van der Waals surface area contributed by atoms with Crippen LogP contribution in [0.1, 0.15) is 78.9 Å². The molecule has 2 aliphatic rings. The zero-order valence-corrected chi connectivity index (χ0v) is 40.2. The van der Waals surface area contributed by atoms with Gasteiger partial charge in [-0.1, -0.05) is 27.7 Å². The molecule has 0 atom stereocenters. The van der Waals surface area contributed by atoms with Crippen LogP contribution in [0, 0.1) is 57.2 Å². The van der Waals surface area contributed by atoms with Crippen molar-refractivity contribution in [3.05, 3.63) is 111 Å². The van der Waals surface area contributed by atoms with Crippen molar-refractivity contribution in [3.8, 4) is 43.8 Å². The molecule has 0 bridgehead atoms. The Kier molecular flexibility index (Phi) is 10.8. The summed E-state index contributed by atoms with van der Waals surface area (Å²) in [5, 5.41) is 39.2. The predicted octanol–water partition coefficient (Wildman–Crippen LogP) is 9.41. The van der Waals surface area contributed by atoms with Gasteiger partial charge in [0.05, 0.1) is 31.3 Å². The minimum Gasteiger partial charge on any atom is -0.274 e. The number of benzene rings is 2. The van der Waals surface area contributed by atoms with Crippen LogP contribution in [-0.4, -0.2) is 46.5 Å². The normalized spacial score (nSPS) is 14.0. The van der Waals surface area contributed by atoms with Crippen LogP contribution in [0.3, 0.4) is 0 Å². The van der Waals surface area contributed by atoms with Gasteiger partial charge in [-0.05, 0) is 84.7 Å². The number of carbonyl (C=O) groups excluding carboxylic acids is 4. The second-order valence-corrected chi connectivity index (χ2v) is 23.0. The number of hydrogen-bond acceptors (Lipinski definition) is 14. The highest BCUT2D eigenvalue weighted by atomic mass is 32.1. The van der Waals surface area contributed by atoms with Crippen LogP contribution in [0.2, 0.25) is 0 Å². The Labute approximate surface area is 400 Å². The minimum absolute atomic E-state index is 0.0444. The summed E-state index contributed by atoms with van der Waals surface area (Å²) in [4.78, 5) is 67.7. The molecule has 10 nitrogen and oxygen atoms in total. The molecule has 0 unspecified atom stereocenters. The Morgan fingerprint density at radius 1 is 0.500 bits per heavy atom. The molecule has 0 radical (unpaired) electrons. The maximum absolute atomic E-state index is 15.0. The highest BCUT2D eigenvalue weighted by Gasteiger charge is 2.45. The maximum Gasteiger partial charge on any atom is 0.262 e. The van der Waals surface area contributed by atoms with Gasteiger partial charge in [-0.2, -0.15) is 21.0 Å². The van der Waals surface area contributed by atoms with Gasteiger partial charge >= 0.3 is 0 Å². The molecule has 10 rings (SSSR count). The Morgan fingerprint density at radius 3 is 1.24 bits per heavy atom. The van der Waals surface area contributed by atoms with Gasteiger partial charge < -0.3 is 0 Å². The van der Waals surface area contributed by atoms with E-state index in [9.17, 15) is 40.2 Å². The molecule has 0 spiro atoms. The van der Waals surface area contributed by atoms with E-state index in [4.69, 9.17) is 0 Å². The van der Waals surface area contributed by atoms with E-state index >= 15 is 0 Å². The molecule has 8 heterocycles. The second kappa shape index (κ2) is 16.5. The topological polar surface area (TPSA) is 170 Å². The van der Waals surface area contributed by atoms with E-state index in [0.29, 0.717) is 62.3 Å². The molecular formula is C50H30N6O4S6. The smallest absolute Gasteiger partial charge is 0.262 e. The predicted molar refractivity (Wildman–Crippen MR) is 265 cm³/mol. The second-order valence-electron chi connectivity index (χ2n) is 16.5. The molecule has 66 heavy (non-hydrogen) atoms. The van der Waals surface area contributed by atoms with Crippen molar-refractivity contribution in [2.45, 2.75) is 27.7 Å². The Morgan fingerprint density at radius 2 is 0.879 bits per heavy atom. The molecule has 0 saturated heterocycles. The van der Waals surface area contributed by atoms with E-state index in [2.05, 4.69) is 0 Å². The third kappa shape index (κ3) is 6.94. The molecule has 8 aromatic rings. The molecule has 16 heteroatoms. The lowest BCUT2D eigenvalue weighted by atomic mass is 9.82. The van der Waals surface area contributed by atoms with E-state index < -0.39 is 23.6 Å². The standard InChI is InChI=1S/C50H30N6O4S6/c1-23(2)21-55-47(57)39-31-15-37(35-11-7-29(63-35)13-27-5-9-33(61-27)25(17-51)18-52)66-46(31)44-42-40(48(58)56(50(44)60)22-24(3)4)32-16-38(65-45(32)43(41(39)42)49(55)59)36-12-8-30(64-36)14-28-6-10-34(62-28)26(19-53)20-54/h5-16,23-24H,21-22H2,1-4H3/b27-13+,28-14+.